The van der Waals surface area contributed by atoms with Gasteiger partial charge in [0.15, 0.2) is 6.79 Å². The van der Waals surface area contributed by atoms with Gasteiger partial charge in [-0.2, -0.15) is 0 Å². The minimum absolute atomic E-state index is 0.348. The van der Waals surface area contributed by atoms with Gasteiger partial charge in [-0.25, -0.2) is 0 Å². The Morgan fingerprint density at radius 2 is 1.83 bits per heavy atom. The number of hydrogen-bond acceptors (Lipinski definition) is 2. The van der Waals surface area contributed by atoms with Gasteiger partial charge in [-0.1, -0.05) is 46.3 Å². The van der Waals surface area contributed by atoms with Gasteiger partial charge in [-0.05, 0) is 37.3 Å². The van der Waals surface area contributed by atoms with Crippen LogP contribution in [0.1, 0.15) is 31.2 Å². The fourth-order valence-corrected chi connectivity index (χ4v) is 2.58. The van der Waals surface area contributed by atoms with Gasteiger partial charge in [-0.15, -0.1) is 0 Å². The summed E-state index contributed by atoms with van der Waals surface area (Å²) in [4.78, 5) is 0.677. The van der Waals surface area contributed by atoms with E-state index in [4.69, 9.17) is 9.47 Å². The molecule has 2 nitrogen and oxygen atoms in total. The summed E-state index contributed by atoms with van der Waals surface area (Å²) in [5.41, 5.74) is 1.14. The number of hydrogen-bond donors (Lipinski definition) is 0. The van der Waals surface area contributed by atoms with E-state index in [9.17, 15) is 0 Å². The smallest absolute Gasteiger partial charge is 0.188 e. The van der Waals surface area contributed by atoms with Crippen molar-refractivity contribution in [1.82, 2.24) is 0 Å². The second kappa shape index (κ2) is 7.59. The molecule has 0 saturated heterocycles. The molecule has 0 heterocycles. The first-order chi connectivity index (χ1) is 8.84. The molecule has 1 aliphatic rings. The molecule has 0 bridgehead atoms. The van der Waals surface area contributed by atoms with Crippen molar-refractivity contribution in [1.29, 1.82) is 0 Å². The summed E-state index contributed by atoms with van der Waals surface area (Å²) in [6, 6.07) is 10.1. The van der Waals surface area contributed by atoms with Gasteiger partial charge in [0.1, 0.15) is 0 Å². The van der Waals surface area contributed by atoms with Crippen molar-refractivity contribution in [3.8, 4) is 0 Å². The molecular formula is C15H19BrO2. The van der Waals surface area contributed by atoms with E-state index < -0.39 is 0 Å². The molecule has 0 radical (unpaired) electrons. The molecule has 0 N–H and O–H groups in total. The summed E-state index contributed by atoms with van der Waals surface area (Å²) in [6.45, 7) is 0.348. The lowest BCUT2D eigenvalue weighted by Gasteiger charge is -2.24. The fourth-order valence-electron chi connectivity index (χ4n) is 2.05. The minimum atomic E-state index is 0.348. The zero-order valence-corrected chi connectivity index (χ0v) is 12.0. The SMILES string of the molecule is BrC1CCC(OCO/C=C/c2ccccc2)CC1. The highest BCUT2D eigenvalue weighted by Crippen LogP contribution is 2.25. The Morgan fingerprint density at radius 3 is 2.56 bits per heavy atom. The average molecular weight is 311 g/mol. The van der Waals surface area contributed by atoms with E-state index in [0.29, 0.717) is 17.7 Å². The molecule has 1 aliphatic carbocycles. The fraction of sp³-hybridized carbons (Fsp3) is 0.467. The van der Waals surface area contributed by atoms with Crippen LogP contribution < -0.4 is 0 Å². The topological polar surface area (TPSA) is 18.5 Å². The molecule has 0 spiro atoms. The van der Waals surface area contributed by atoms with Gasteiger partial charge >= 0.3 is 0 Å². The third kappa shape index (κ3) is 4.83. The molecule has 1 saturated carbocycles. The van der Waals surface area contributed by atoms with Gasteiger partial charge in [0.2, 0.25) is 0 Å². The lowest BCUT2D eigenvalue weighted by atomic mass is 9.98. The Labute approximate surface area is 117 Å². The van der Waals surface area contributed by atoms with Crippen LogP contribution in [0.15, 0.2) is 36.6 Å². The van der Waals surface area contributed by atoms with Crippen LogP contribution in [0.3, 0.4) is 0 Å². The second-order valence-corrected chi connectivity index (χ2v) is 5.83. The van der Waals surface area contributed by atoms with E-state index in [2.05, 4.69) is 15.9 Å². The highest BCUT2D eigenvalue weighted by Gasteiger charge is 2.19. The lowest BCUT2D eigenvalue weighted by Crippen LogP contribution is -2.22. The molecule has 18 heavy (non-hydrogen) atoms. The molecule has 1 aromatic carbocycles. The van der Waals surface area contributed by atoms with E-state index >= 15 is 0 Å². The van der Waals surface area contributed by atoms with E-state index in [-0.39, 0.29) is 0 Å². The maximum atomic E-state index is 5.67. The Kier molecular flexibility index (Phi) is 5.75. The van der Waals surface area contributed by atoms with Crippen molar-refractivity contribution >= 4 is 22.0 Å². The lowest BCUT2D eigenvalue weighted by molar-refractivity contribution is -0.0672. The molecule has 1 fully saturated rings. The Hall–Kier alpha value is -0.800. The van der Waals surface area contributed by atoms with Crippen LogP contribution in [0.25, 0.3) is 6.08 Å². The van der Waals surface area contributed by atoms with E-state index in [0.717, 1.165) is 18.4 Å². The van der Waals surface area contributed by atoms with Crippen LogP contribution in [0.4, 0.5) is 0 Å². The quantitative estimate of drug-likeness (QED) is 0.348. The number of rotatable bonds is 5. The number of ether oxygens (including phenoxy) is 2. The summed E-state index contributed by atoms with van der Waals surface area (Å²) < 4.78 is 11.0. The molecule has 0 amide bonds. The minimum Gasteiger partial charge on any atom is -0.475 e. The first-order valence-corrected chi connectivity index (χ1v) is 7.35. The van der Waals surface area contributed by atoms with Crippen molar-refractivity contribution < 1.29 is 9.47 Å². The van der Waals surface area contributed by atoms with Crippen LogP contribution in [-0.2, 0) is 9.47 Å². The summed E-state index contributed by atoms with van der Waals surface area (Å²) >= 11 is 3.64. The van der Waals surface area contributed by atoms with E-state index in [1.807, 2.05) is 36.4 Å². The number of halogens is 1. The molecule has 98 valence electrons. The van der Waals surface area contributed by atoms with Crippen LogP contribution in [0.2, 0.25) is 0 Å². The Morgan fingerprint density at radius 1 is 1.11 bits per heavy atom. The molecule has 3 heteroatoms. The van der Waals surface area contributed by atoms with E-state index in [1.165, 1.54) is 12.8 Å². The summed E-state index contributed by atoms with van der Waals surface area (Å²) in [6.07, 6.45) is 8.66. The highest BCUT2D eigenvalue weighted by atomic mass is 79.9. The molecule has 0 aromatic heterocycles. The van der Waals surface area contributed by atoms with Crippen LogP contribution >= 0.6 is 15.9 Å². The van der Waals surface area contributed by atoms with Crippen LogP contribution in [-0.4, -0.2) is 17.7 Å². The average Bonchev–Trinajstić information content (AvgIpc) is 2.42. The largest absolute Gasteiger partial charge is 0.475 e. The zero-order chi connectivity index (χ0) is 12.6. The molecule has 0 aliphatic heterocycles. The summed E-state index contributed by atoms with van der Waals surface area (Å²) in [5.74, 6) is 0. The van der Waals surface area contributed by atoms with Gasteiger partial charge in [0.05, 0.1) is 12.4 Å². The predicted molar refractivity (Wildman–Crippen MR) is 77.5 cm³/mol. The second-order valence-electron chi connectivity index (χ2n) is 4.54. The van der Waals surface area contributed by atoms with Crippen molar-refractivity contribution in [3.05, 3.63) is 42.2 Å². The monoisotopic (exact) mass is 310 g/mol. The molecule has 2 rings (SSSR count). The highest BCUT2D eigenvalue weighted by molar-refractivity contribution is 9.09. The van der Waals surface area contributed by atoms with Crippen molar-refractivity contribution in [3.63, 3.8) is 0 Å². The molecule has 1 aromatic rings. The van der Waals surface area contributed by atoms with Crippen LogP contribution in [0.5, 0.6) is 0 Å². The zero-order valence-electron chi connectivity index (χ0n) is 10.4. The number of alkyl halides is 1. The maximum Gasteiger partial charge on any atom is 0.188 e. The summed E-state index contributed by atoms with van der Waals surface area (Å²) in [7, 11) is 0. The molecule has 0 atom stereocenters. The van der Waals surface area contributed by atoms with Gasteiger partial charge < -0.3 is 9.47 Å². The third-order valence-electron chi connectivity index (χ3n) is 3.13. The Bertz CT molecular complexity index is 356. The third-order valence-corrected chi connectivity index (χ3v) is 4.05. The molecular weight excluding hydrogens is 292 g/mol. The first-order valence-electron chi connectivity index (χ1n) is 6.43. The standard InChI is InChI=1S/C15H19BrO2/c16-14-6-8-15(9-7-14)18-12-17-11-10-13-4-2-1-3-5-13/h1-5,10-11,14-15H,6-9,12H2/b11-10+. The van der Waals surface area contributed by atoms with Gasteiger partial charge in [0.25, 0.3) is 0 Å². The van der Waals surface area contributed by atoms with E-state index in [1.54, 1.807) is 6.26 Å². The van der Waals surface area contributed by atoms with Gasteiger partial charge in [0, 0.05) is 4.83 Å². The maximum absolute atomic E-state index is 5.67. The van der Waals surface area contributed by atoms with Crippen molar-refractivity contribution in [2.45, 2.75) is 36.6 Å². The summed E-state index contributed by atoms with van der Waals surface area (Å²) in [5, 5.41) is 0. The first kappa shape index (κ1) is 13.6. The predicted octanol–water partition coefficient (Wildman–Crippen LogP) is 4.35. The Balaban J connectivity index is 1.60. The van der Waals surface area contributed by atoms with Crippen molar-refractivity contribution in [2.24, 2.45) is 0 Å². The van der Waals surface area contributed by atoms with Gasteiger partial charge in [-0.3, -0.25) is 0 Å². The normalized spacial score (nSPS) is 24.3. The van der Waals surface area contributed by atoms with Crippen LogP contribution in [0, 0.1) is 0 Å². The number of benzene rings is 1. The van der Waals surface area contributed by atoms with Crippen molar-refractivity contribution in [2.75, 3.05) is 6.79 Å². The molecule has 0 unspecified atom stereocenters.